The number of sulfonamides is 1. The van der Waals surface area contributed by atoms with Crippen molar-refractivity contribution in [3.05, 3.63) is 82.0 Å². The van der Waals surface area contributed by atoms with E-state index in [0.717, 1.165) is 16.2 Å². The van der Waals surface area contributed by atoms with E-state index in [2.05, 4.69) is 10.0 Å². The summed E-state index contributed by atoms with van der Waals surface area (Å²) in [7, 11) is -3.60. The molecule has 0 bridgehead atoms. The van der Waals surface area contributed by atoms with Crippen LogP contribution in [-0.2, 0) is 16.4 Å². The van der Waals surface area contributed by atoms with Gasteiger partial charge in [0.15, 0.2) is 0 Å². The number of aryl methyl sites for hydroxylation is 1. The maximum atomic E-state index is 12.4. The monoisotopic (exact) mass is 458 g/mol. The van der Waals surface area contributed by atoms with Crippen LogP contribution in [0.1, 0.15) is 27.2 Å². The number of benzene rings is 2. The molecule has 1 amide bonds. The van der Waals surface area contributed by atoms with E-state index in [1.54, 1.807) is 11.3 Å². The number of ether oxygens (including phenoxy) is 1. The summed E-state index contributed by atoms with van der Waals surface area (Å²) >= 11 is 1.60. The van der Waals surface area contributed by atoms with E-state index in [4.69, 9.17) is 4.74 Å². The van der Waals surface area contributed by atoms with E-state index in [1.165, 1.54) is 24.3 Å². The zero-order valence-corrected chi connectivity index (χ0v) is 19.0. The molecule has 8 heteroatoms. The fourth-order valence-corrected chi connectivity index (χ4v) is 4.64. The second-order valence-corrected chi connectivity index (χ2v) is 9.83. The molecule has 0 aliphatic rings. The second-order valence-electron chi connectivity index (χ2n) is 7.03. The van der Waals surface area contributed by atoms with E-state index < -0.39 is 10.0 Å². The fraction of sp³-hybridized carbons (Fsp3) is 0.261. The summed E-state index contributed by atoms with van der Waals surface area (Å²) < 4.78 is 33.1. The van der Waals surface area contributed by atoms with Crippen molar-refractivity contribution in [3.63, 3.8) is 0 Å². The van der Waals surface area contributed by atoms with Gasteiger partial charge >= 0.3 is 0 Å². The van der Waals surface area contributed by atoms with Gasteiger partial charge in [-0.25, -0.2) is 13.1 Å². The quantitative estimate of drug-likeness (QED) is 0.428. The number of rotatable bonds is 11. The van der Waals surface area contributed by atoms with Crippen LogP contribution in [0.5, 0.6) is 5.75 Å². The highest BCUT2D eigenvalue weighted by Crippen LogP contribution is 2.13. The van der Waals surface area contributed by atoms with Crippen molar-refractivity contribution in [1.29, 1.82) is 0 Å². The predicted octanol–water partition coefficient (Wildman–Crippen LogP) is 3.78. The van der Waals surface area contributed by atoms with Gasteiger partial charge in [-0.1, -0.05) is 18.2 Å². The molecule has 164 valence electrons. The highest BCUT2D eigenvalue weighted by molar-refractivity contribution is 7.89. The Bertz CT molecular complexity index is 1080. The minimum atomic E-state index is -3.60. The Balaban J connectivity index is 1.41. The van der Waals surface area contributed by atoms with Crippen LogP contribution in [0.25, 0.3) is 0 Å². The van der Waals surface area contributed by atoms with Crippen molar-refractivity contribution in [3.8, 4) is 5.75 Å². The summed E-state index contributed by atoms with van der Waals surface area (Å²) in [5, 5.41) is 4.78. The number of hydrogen-bond acceptors (Lipinski definition) is 5. The number of hydrogen-bond donors (Lipinski definition) is 2. The highest BCUT2D eigenvalue weighted by atomic mass is 32.2. The van der Waals surface area contributed by atoms with E-state index in [-0.39, 0.29) is 10.8 Å². The molecule has 0 aliphatic carbocycles. The predicted molar refractivity (Wildman–Crippen MR) is 123 cm³/mol. The van der Waals surface area contributed by atoms with Crippen molar-refractivity contribution in [2.75, 3.05) is 19.7 Å². The van der Waals surface area contributed by atoms with Crippen LogP contribution in [0.3, 0.4) is 0 Å². The van der Waals surface area contributed by atoms with E-state index >= 15 is 0 Å². The third kappa shape index (κ3) is 7.20. The summed E-state index contributed by atoms with van der Waals surface area (Å²) in [5.41, 5.74) is 1.55. The van der Waals surface area contributed by atoms with E-state index in [1.807, 2.05) is 48.7 Å². The van der Waals surface area contributed by atoms with Crippen LogP contribution in [0.2, 0.25) is 0 Å². The second kappa shape index (κ2) is 11.1. The Labute approximate surface area is 187 Å². The lowest BCUT2D eigenvalue weighted by Gasteiger charge is -2.09. The molecule has 2 N–H and O–H groups in total. The van der Waals surface area contributed by atoms with Crippen molar-refractivity contribution in [1.82, 2.24) is 10.0 Å². The van der Waals surface area contributed by atoms with Crippen LogP contribution in [-0.4, -0.2) is 34.0 Å². The zero-order valence-electron chi connectivity index (χ0n) is 17.3. The molecule has 0 aliphatic heterocycles. The van der Waals surface area contributed by atoms with Gasteiger partial charge in [-0.3, -0.25) is 4.79 Å². The van der Waals surface area contributed by atoms with Crippen molar-refractivity contribution >= 4 is 27.3 Å². The molecular weight excluding hydrogens is 432 g/mol. The first-order chi connectivity index (χ1) is 14.9. The average molecular weight is 459 g/mol. The zero-order chi connectivity index (χ0) is 22.1. The number of thiophene rings is 1. The molecule has 6 nitrogen and oxygen atoms in total. The maximum Gasteiger partial charge on any atom is 0.251 e. The first kappa shape index (κ1) is 23.0. The van der Waals surface area contributed by atoms with Crippen molar-refractivity contribution < 1.29 is 17.9 Å². The maximum absolute atomic E-state index is 12.4. The lowest BCUT2D eigenvalue weighted by Crippen LogP contribution is -2.27. The third-order valence-corrected chi connectivity index (χ3v) is 6.95. The summed E-state index contributed by atoms with van der Waals surface area (Å²) in [6, 6.07) is 17.7. The van der Waals surface area contributed by atoms with Gasteiger partial charge in [0, 0.05) is 23.5 Å². The third-order valence-electron chi connectivity index (χ3n) is 4.54. The molecule has 0 saturated carbocycles. The number of carbonyl (C=O) groups excluding carboxylic acids is 1. The van der Waals surface area contributed by atoms with E-state index in [0.29, 0.717) is 38.1 Å². The number of amides is 1. The lowest BCUT2D eigenvalue weighted by molar-refractivity contribution is 0.0951. The molecule has 0 spiro atoms. The van der Waals surface area contributed by atoms with Crippen LogP contribution >= 0.6 is 11.3 Å². The molecule has 2 aromatic carbocycles. The molecule has 31 heavy (non-hydrogen) atoms. The average Bonchev–Trinajstić information content (AvgIpc) is 3.27. The SMILES string of the molecule is Cc1cccc(OCCCNC(=O)c2ccc(S(=O)(=O)NCCc3cccs3)cc2)c1. The Kier molecular flexibility index (Phi) is 8.22. The topological polar surface area (TPSA) is 84.5 Å². The van der Waals surface area contributed by atoms with Gasteiger partial charge < -0.3 is 10.1 Å². The van der Waals surface area contributed by atoms with Gasteiger partial charge in [-0.05, 0) is 73.2 Å². The van der Waals surface area contributed by atoms with Gasteiger partial charge in [-0.2, -0.15) is 0 Å². The van der Waals surface area contributed by atoms with Crippen LogP contribution in [0.15, 0.2) is 70.9 Å². The van der Waals surface area contributed by atoms with Crippen LogP contribution in [0, 0.1) is 6.92 Å². The summed E-state index contributed by atoms with van der Waals surface area (Å²) in [5.74, 6) is 0.567. The van der Waals surface area contributed by atoms with Gasteiger partial charge in [0.25, 0.3) is 5.91 Å². The minimum absolute atomic E-state index is 0.141. The normalized spacial score (nSPS) is 11.3. The summed E-state index contributed by atoms with van der Waals surface area (Å²) in [6.45, 7) is 3.30. The van der Waals surface area contributed by atoms with Crippen LogP contribution < -0.4 is 14.8 Å². The Morgan fingerprint density at radius 3 is 2.55 bits per heavy atom. The first-order valence-corrected chi connectivity index (χ1v) is 12.4. The highest BCUT2D eigenvalue weighted by Gasteiger charge is 2.14. The smallest absolute Gasteiger partial charge is 0.251 e. The molecule has 0 saturated heterocycles. The Morgan fingerprint density at radius 1 is 1.03 bits per heavy atom. The summed E-state index contributed by atoms with van der Waals surface area (Å²) in [6.07, 6.45) is 1.31. The summed E-state index contributed by atoms with van der Waals surface area (Å²) in [4.78, 5) is 13.5. The largest absolute Gasteiger partial charge is 0.494 e. The molecular formula is C23H26N2O4S2. The fourth-order valence-electron chi connectivity index (χ4n) is 2.90. The molecule has 0 radical (unpaired) electrons. The molecule has 0 fully saturated rings. The molecule has 1 aromatic heterocycles. The molecule has 1 heterocycles. The molecule has 3 rings (SSSR count). The molecule has 0 unspecified atom stereocenters. The van der Waals surface area contributed by atoms with Crippen LogP contribution in [0.4, 0.5) is 0 Å². The number of carbonyl (C=O) groups is 1. The van der Waals surface area contributed by atoms with Gasteiger partial charge in [0.05, 0.1) is 11.5 Å². The van der Waals surface area contributed by atoms with Gasteiger partial charge in [-0.15, -0.1) is 11.3 Å². The standard InChI is InChI=1S/C23H26N2O4S2/c1-18-5-2-6-20(17-18)29-15-4-13-24-23(26)19-8-10-22(11-9-19)31(27,28)25-14-12-21-7-3-16-30-21/h2-3,5-11,16-17,25H,4,12-15H2,1H3,(H,24,26). The lowest BCUT2D eigenvalue weighted by atomic mass is 10.2. The van der Waals surface area contributed by atoms with Gasteiger partial charge in [0.1, 0.15) is 5.75 Å². The number of nitrogens with one attached hydrogen (secondary N) is 2. The molecule has 3 aromatic rings. The van der Waals surface area contributed by atoms with Crippen molar-refractivity contribution in [2.45, 2.75) is 24.7 Å². The first-order valence-electron chi connectivity index (χ1n) is 10.0. The van der Waals surface area contributed by atoms with E-state index in [9.17, 15) is 13.2 Å². The van der Waals surface area contributed by atoms with Gasteiger partial charge in [0.2, 0.25) is 10.0 Å². The Morgan fingerprint density at radius 2 is 1.84 bits per heavy atom. The van der Waals surface area contributed by atoms with Crippen molar-refractivity contribution in [2.24, 2.45) is 0 Å². The Hall–Kier alpha value is -2.68. The molecule has 0 atom stereocenters. The minimum Gasteiger partial charge on any atom is -0.494 e.